The molecule has 1 aromatic carbocycles. The van der Waals surface area contributed by atoms with Gasteiger partial charge in [-0.1, -0.05) is 32.9 Å². The van der Waals surface area contributed by atoms with E-state index in [-0.39, 0.29) is 23.4 Å². The van der Waals surface area contributed by atoms with Gasteiger partial charge in [0, 0.05) is 43.9 Å². The fourth-order valence-corrected chi connectivity index (χ4v) is 3.60. The summed E-state index contributed by atoms with van der Waals surface area (Å²) < 4.78 is 5.64. The predicted molar refractivity (Wildman–Crippen MR) is 112 cm³/mol. The quantitative estimate of drug-likeness (QED) is 0.799. The zero-order valence-electron chi connectivity index (χ0n) is 17.7. The van der Waals surface area contributed by atoms with Crippen LogP contribution < -0.4 is 5.32 Å². The molecule has 2 heterocycles. The number of rotatable bonds is 4. The highest BCUT2D eigenvalue weighted by Crippen LogP contribution is 2.31. The Kier molecular flexibility index (Phi) is 5.80. The van der Waals surface area contributed by atoms with E-state index in [1.54, 1.807) is 6.07 Å². The fourth-order valence-electron chi connectivity index (χ4n) is 3.60. The van der Waals surface area contributed by atoms with E-state index in [4.69, 9.17) is 4.42 Å². The molecule has 3 rings (SSSR count). The number of ketones is 1. The molecule has 7 nitrogen and oxygen atoms in total. The first-order valence-electron chi connectivity index (χ1n) is 9.96. The van der Waals surface area contributed by atoms with Crippen molar-refractivity contribution in [2.45, 2.75) is 40.7 Å². The van der Waals surface area contributed by atoms with Gasteiger partial charge in [-0.2, -0.15) is 0 Å². The Morgan fingerprint density at radius 2 is 1.69 bits per heavy atom. The topological polar surface area (TPSA) is 82.9 Å². The predicted octanol–water partition coefficient (Wildman–Crippen LogP) is 3.15. The number of fused-ring (bicyclic) bond motifs is 1. The minimum Gasteiger partial charge on any atom is -0.451 e. The summed E-state index contributed by atoms with van der Waals surface area (Å²) in [4.78, 5) is 41.3. The number of carbonyl (C=O) groups is 3. The number of para-hydroxylation sites is 1. The molecular formula is C22H29N3O4. The first kappa shape index (κ1) is 21.0. The average Bonchev–Trinajstić information content (AvgIpc) is 3.05. The Labute approximate surface area is 171 Å². The summed E-state index contributed by atoms with van der Waals surface area (Å²) >= 11 is 0. The second-order valence-electron chi connectivity index (χ2n) is 8.60. The second kappa shape index (κ2) is 7.99. The van der Waals surface area contributed by atoms with Gasteiger partial charge in [-0.25, -0.2) is 0 Å². The van der Waals surface area contributed by atoms with E-state index in [9.17, 15) is 14.4 Å². The number of amides is 2. The number of hydrogen-bond donors (Lipinski definition) is 1. The summed E-state index contributed by atoms with van der Waals surface area (Å²) in [5, 5.41) is 3.60. The Bertz CT molecular complexity index is 933. The minimum atomic E-state index is -0.406. The number of piperazine rings is 1. The molecule has 0 bridgehead atoms. The molecule has 1 unspecified atom stereocenters. The summed E-state index contributed by atoms with van der Waals surface area (Å²) in [6, 6.07) is 6.86. The van der Waals surface area contributed by atoms with Crippen LogP contribution >= 0.6 is 0 Å². The van der Waals surface area contributed by atoms with Crippen LogP contribution in [0.3, 0.4) is 0 Å². The number of nitrogens with zero attached hydrogens (tertiary/aromatic N) is 2. The van der Waals surface area contributed by atoms with Gasteiger partial charge in [0.1, 0.15) is 5.58 Å². The van der Waals surface area contributed by atoms with Crippen molar-refractivity contribution >= 4 is 34.3 Å². The summed E-state index contributed by atoms with van der Waals surface area (Å²) in [7, 11) is 0. The van der Waals surface area contributed by atoms with E-state index >= 15 is 0 Å². The first-order chi connectivity index (χ1) is 13.6. The molecule has 0 aliphatic carbocycles. The lowest BCUT2D eigenvalue weighted by Crippen LogP contribution is -2.55. The van der Waals surface area contributed by atoms with Crippen molar-refractivity contribution in [1.29, 1.82) is 0 Å². The molecule has 1 atom stereocenters. The smallest absolute Gasteiger partial charge is 0.241 e. The zero-order valence-corrected chi connectivity index (χ0v) is 17.7. The third-order valence-electron chi connectivity index (χ3n) is 5.33. The van der Waals surface area contributed by atoms with Crippen molar-refractivity contribution in [2.75, 3.05) is 31.5 Å². The molecule has 2 amide bonds. The van der Waals surface area contributed by atoms with Gasteiger partial charge in [0.2, 0.25) is 11.8 Å². The molecule has 1 fully saturated rings. The molecule has 1 aliphatic heterocycles. The Balaban J connectivity index is 1.70. The van der Waals surface area contributed by atoms with E-state index in [2.05, 4.69) is 10.2 Å². The number of anilines is 1. The van der Waals surface area contributed by atoms with Crippen LogP contribution in [0, 0.1) is 5.41 Å². The maximum atomic E-state index is 12.9. The number of nitrogens with one attached hydrogen (secondary N) is 1. The zero-order chi connectivity index (χ0) is 21.3. The SMILES string of the molecule is CC(=O)c1oc2ccccc2c1NC(=O)C(C)N1CCN(C(=O)C(C)(C)C)CC1. The van der Waals surface area contributed by atoms with Crippen LogP contribution in [0.15, 0.2) is 28.7 Å². The molecule has 1 aliphatic rings. The van der Waals surface area contributed by atoms with Crippen molar-refractivity contribution in [2.24, 2.45) is 5.41 Å². The van der Waals surface area contributed by atoms with Crippen LogP contribution in [-0.4, -0.2) is 59.6 Å². The van der Waals surface area contributed by atoms with Crippen LogP contribution in [0.4, 0.5) is 5.69 Å². The summed E-state index contributed by atoms with van der Waals surface area (Å²) in [5.41, 5.74) is 0.581. The number of carbonyl (C=O) groups excluding carboxylic acids is 3. The van der Waals surface area contributed by atoms with Crippen molar-refractivity contribution in [3.63, 3.8) is 0 Å². The highest BCUT2D eigenvalue weighted by molar-refractivity contribution is 6.11. The van der Waals surface area contributed by atoms with E-state index in [0.29, 0.717) is 42.8 Å². The standard InChI is InChI=1S/C22H29N3O4/c1-14(24-10-12-25(13-11-24)21(28)22(3,4)5)20(27)23-18-16-8-6-7-9-17(16)29-19(18)15(2)26/h6-9,14H,10-13H2,1-5H3,(H,23,27). The lowest BCUT2D eigenvalue weighted by atomic mass is 9.94. The third-order valence-corrected chi connectivity index (χ3v) is 5.33. The van der Waals surface area contributed by atoms with E-state index < -0.39 is 11.5 Å². The van der Waals surface area contributed by atoms with Gasteiger partial charge in [-0.05, 0) is 19.1 Å². The Morgan fingerprint density at radius 1 is 1.07 bits per heavy atom. The van der Waals surface area contributed by atoms with E-state index in [0.717, 1.165) is 0 Å². The average molecular weight is 399 g/mol. The molecule has 156 valence electrons. The van der Waals surface area contributed by atoms with Crippen LogP contribution in [0.2, 0.25) is 0 Å². The molecule has 0 spiro atoms. The number of furan rings is 1. The number of hydrogen-bond acceptors (Lipinski definition) is 5. The number of Topliss-reactive ketones (excluding diaryl/α,β-unsaturated/α-hetero) is 1. The largest absolute Gasteiger partial charge is 0.451 e. The van der Waals surface area contributed by atoms with Crippen molar-refractivity contribution < 1.29 is 18.8 Å². The first-order valence-corrected chi connectivity index (χ1v) is 9.96. The maximum Gasteiger partial charge on any atom is 0.241 e. The molecule has 29 heavy (non-hydrogen) atoms. The van der Waals surface area contributed by atoms with Crippen LogP contribution in [-0.2, 0) is 9.59 Å². The molecule has 1 aromatic heterocycles. The minimum absolute atomic E-state index is 0.130. The molecule has 1 N–H and O–H groups in total. The van der Waals surface area contributed by atoms with Gasteiger partial charge in [-0.15, -0.1) is 0 Å². The molecule has 7 heteroatoms. The maximum absolute atomic E-state index is 12.9. The van der Waals surface area contributed by atoms with Gasteiger partial charge < -0.3 is 14.6 Å². The van der Waals surface area contributed by atoms with Gasteiger partial charge in [0.15, 0.2) is 11.5 Å². The Hall–Kier alpha value is -2.67. The van der Waals surface area contributed by atoms with Crippen LogP contribution in [0.25, 0.3) is 11.0 Å². The summed E-state index contributed by atoms with van der Waals surface area (Å²) in [6.07, 6.45) is 0. The lowest BCUT2D eigenvalue weighted by Gasteiger charge is -2.39. The van der Waals surface area contributed by atoms with Crippen molar-refractivity contribution in [3.05, 3.63) is 30.0 Å². The Morgan fingerprint density at radius 3 is 2.28 bits per heavy atom. The van der Waals surface area contributed by atoms with Gasteiger partial charge in [-0.3, -0.25) is 19.3 Å². The summed E-state index contributed by atoms with van der Waals surface area (Å²) in [5.74, 6) is -0.148. The normalized spacial score (nSPS) is 16.7. The van der Waals surface area contributed by atoms with Crippen molar-refractivity contribution in [3.8, 4) is 0 Å². The number of benzene rings is 1. The third kappa shape index (κ3) is 4.34. The molecule has 0 saturated carbocycles. The van der Waals surface area contributed by atoms with Gasteiger partial charge in [0.05, 0.1) is 11.7 Å². The van der Waals surface area contributed by atoms with Gasteiger partial charge in [0.25, 0.3) is 0 Å². The van der Waals surface area contributed by atoms with E-state index in [1.165, 1.54) is 6.92 Å². The monoisotopic (exact) mass is 399 g/mol. The molecule has 1 saturated heterocycles. The molecule has 0 radical (unpaired) electrons. The fraction of sp³-hybridized carbons (Fsp3) is 0.500. The highest BCUT2D eigenvalue weighted by atomic mass is 16.3. The highest BCUT2D eigenvalue weighted by Gasteiger charge is 2.32. The van der Waals surface area contributed by atoms with Gasteiger partial charge >= 0.3 is 0 Å². The van der Waals surface area contributed by atoms with E-state index in [1.807, 2.05) is 50.8 Å². The van der Waals surface area contributed by atoms with Crippen molar-refractivity contribution in [1.82, 2.24) is 9.80 Å². The van der Waals surface area contributed by atoms with Crippen LogP contribution in [0.1, 0.15) is 45.2 Å². The molecular weight excluding hydrogens is 370 g/mol. The lowest BCUT2D eigenvalue weighted by molar-refractivity contribution is -0.141. The summed E-state index contributed by atoms with van der Waals surface area (Å²) in [6.45, 7) is 11.5. The van der Waals surface area contributed by atoms with Crippen LogP contribution in [0.5, 0.6) is 0 Å². The molecule has 2 aromatic rings. The second-order valence-corrected chi connectivity index (χ2v) is 8.60.